The Morgan fingerprint density at radius 3 is 2.42 bits per heavy atom. The van der Waals surface area contributed by atoms with Crippen LogP contribution in [0.4, 0.5) is 14.6 Å². The van der Waals surface area contributed by atoms with Crippen LogP contribution in [0, 0.1) is 28.4 Å². The molecule has 2 N–H and O–H groups in total. The maximum absolute atomic E-state index is 14.7. The summed E-state index contributed by atoms with van der Waals surface area (Å²) in [5.41, 5.74) is 9.10. The Morgan fingerprint density at radius 2 is 1.74 bits per heavy atom. The maximum atomic E-state index is 14.7. The van der Waals surface area contributed by atoms with Gasteiger partial charge in [0.1, 0.15) is 23.5 Å². The van der Waals surface area contributed by atoms with Crippen LogP contribution in [0.2, 0.25) is 0 Å². The molecular formula is C30H28F2N6. The average Bonchev–Trinajstić information content (AvgIpc) is 2.88. The van der Waals surface area contributed by atoms with Crippen LogP contribution >= 0.6 is 0 Å². The second kappa shape index (κ2) is 9.25. The molecular weight excluding hydrogens is 482 g/mol. The highest BCUT2D eigenvalue weighted by atomic mass is 19.1. The van der Waals surface area contributed by atoms with Gasteiger partial charge in [0.05, 0.1) is 39.3 Å². The van der Waals surface area contributed by atoms with Gasteiger partial charge in [-0.05, 0) is 73.1 Å². The van der Waals surface area contributed by atoms with E-state index in [-0.39, 0.29) is 34.0 Å². The third kappa shape index (κ3) is 4.08. The number of nitriles is 1. The van der Waals surface area contributed by atoms with Crippen LogP contribution in [0.3, 0.4) is 0 Å². The molecule has 0 saturated carbocycles. The zero-order valence-electron chi connectivity index (χ0n) is 21.8. The highest BCUT2D eigenvalue weighted by Crippen LogP contribution is 2.55. The smallest absolute Gasteiger partial charge is 0.141 e. The maximum Gasteiger partial charge on any atom is 0.141 e. The lowest BCUT2D eigenvalue weighted by Gasteiger charge is -2.47. The third-order valence-corrected chi connectivity index (χ3v) is 7.75. The number of benzene rings is 1. The minimum atomic E-state index is -0.673. The predicted octanol–water partition coefficient (Wildman–Crippen LogP) is 6.56. The second-order valence-corrected chi connectivity index (χ2v) is 10.8. The van der Waals surface area contributed by atoms with Crippen LogP contribution in [-0.4, -0.2) is 20.2 Å². The minimum absolute atomic E-state index is 0.109. The lowest BCUT2D eigenvalue weighted by molar-refractivity contribution is 0.181. The lowest BCUT2D eigenvalue weighted by Crippen LogP contribution is -2.42. The third-order valence-electron chi connectivity index (χ3n) is 7.75. The second-order valence-electron chi connectivity index (χ2n) is 10.8. The number of rotatable bonds is 4. The van der Waals surface area contributed by atoms with Gasteiger partial charge in [0.2, 0.25) is 0 Å². The first-order chi connectivity index (χ1) is 18.1. The van der Waals surface area contributed by atoms with Gasteiger partial charge in [-0.15, -0.1) is 5.10 Å². The Labute approximate surface area is 220 Å². The van der Waals surface area contributed by atoms with E-state index in [9.17, 15) is 14.0 Å². The van der Waals surface area contributed by atoms with Crippen molar-refractivity contribution >= 4 is 5.82 Å². The number of halogens is 2. The largest absolute Gasteiger partial charge is 0.383 e. The van der Waals surface area contributed by atoms with Crippen LogP contribution in [0.5, 0.6) is 0 Å². The van der Waals surface area contributed by atoms with Crippen molar-refractivity contribution in [3.63, 3.8) is 0 Å². The van der Waals surface area contributed by atoms with Crippen molar-refractivity contribution in [1.29, 1.82) is 5.26 Å². The molecule has 2 atom stereocenters. The summed E-state index contributed by atoms with van der Waals surface area (Å²) < 4.78 is 29.3. The van der Waals surface area contributed by atoms with Crippen molar-refractivity contribution in [2.24, 2.45) is 5.41 Å². The van der Waals surface area contributed by atoms with E-state index in [2.05, 4.69) is 48.9 Å². The molecule has 1 aliphatic rings. The normalized spacial score (nSPS) is 20.0. The van der Waals surface area contributed by atoms with Gasteiger partial charge in [-0.2, -0.15) is 10.4 Å². The molecule has 192 valence electrons. The van der Waals surface area contributed by atoms with Gasteiger partial charge in [0.25, 0.3) is 0 Å². The molecule has 0 radical (unpaired) electrons. The molecule has 0 spiro atoms. The standard InChI is InChI=1S/C30H28F2N6/c1-5-20-19-13-24(26-21(31)8-6-9-22(26)32)37-38-27(19)30(4,16-29(20,2)3)25-11-7-10-23(36-25)18-12-17(14-33)28(34)35-15-18/h6-13,15,20H,5,16H2,1-4H3,(H2,34,35)/t20?,30-/m0/s1. The van der Waals surface area contributed by atoms with Crippen molar-refractivity contribution in [2.45, 2.75) is 51.9 Å². The van der Waals surface area contributed by atoms with E-state index in [1.54, 1.807) is 18.3 Å². The van der Waals surface area contributed by atoms with Crippen LogP contribution in [-0.2, 0) is 5.41 Å². The molecule has 1 unspecified atom stereocenters. The van der Waals surface area contributed by atoms with E-state index in [1.807, 2.05) is 18.2 Å². The van der Waals surface area contributed by atoms with Gasteiger partial charge in [-0.25, -0.2) is 13.8 Å². The van der Waals surface area contributed by atoms with Gasteiger partial charge in [0, 0.05) is 11.8 Å². The number of pyridine rings is 2. The van der Waals surface area contributed by atoms with Crippen molar-refractivity contribution in [3.05, 3.63) is 88.9 Å². The molecule has 1 aliphatic carbocycles. The Balaban J connectivity index is 1.69. The van der Waals surface area contributed by atoms with E-state index < -0.39 is 17.0 Å². The topological polar surface area (TPSA) is 101 Å². The van der Waals surface area contributed by atoms with E-state index >= 15 is 0 Å². The first-order valence-electron chi connectivity index (χ1n) is 12.5. The van der Waals surface area contributed by atoms with E-state index in [1.165, 1.54) is 18.2 Å². The van der Waals surface area contributed by atoms with Crippen LogP contribution in [0.15, 0.2) is 54.7 Å². The number of hydrogen-bond donors (Lipinski definition) is 1. The molecule has 38 heavy (non-hydrogen) atoms. The number of aromatic nitrogens is 4. The zero-order valence-corrected chi connectivity index (χ0v) is 21.8. The molecule has 0 aliphatic heterocycles. The molecule has 1 aromatic carbocycles. The zero-order chi connectivity index (χ0) is 27.2. The number of nitrogens with two attached hydrogens (primary N) is 1. The number of nitrogen functional groups attached to an aromatic ring is 1. The number of nitrogens with zero attached hydrogens (tertiary/aromatic N) is 5. The fourth-order valence-electron chi connectivity index (χ4n) is 6.10. The van der Waals surface area contributed by atoms with Crippen LogP contribution in [0.1, 0.15) is 69.0 Å². The minimum Gasteiger partial charge on any atom is -0.383 e. The summed E-state index contributed by atoms with van der Waals surface area (Å²) in [5.74, 6) is -1.07. The van der Waals surface area contributed by atoms with Gasteiger partial charge in [-0.3, -0.25) is 4.98 Å². The summed E-state index contributed by atoms with van der Waals surface area (Å²) in [6.07, 6.45) is 3.18. The Bertz CT molecular complexity index is 1570. The summed E-state index contributed by atoms with van der Waals surface area (Å²) in [4.78, 5) is 9.14. The Hall–Kier alpha value is -4.25. The highest BCUT2D eigenvalue weighted by molar-refractivity contribution is 5.65. The summed E-state index contributed by atoms with van der Waals surface area (Å²) >= 11 is 0. The number of hydrogen-bond acceptors (Lipinski definition) is 6. The highest BCUT2D eigenvalue weighted by Gasteiger charge is 2.49. The van der Waals surface area contributed by atoms with Crippen LogP contribution in [0.25, 0.3) is 22.5 Å². The molecule has 5 rings (SSSR count). The van der Waals surface area contributed by atoms with Crippen molar-refractivity contribution in [3.8, 4) is 28.6 Å². The molecule has 6 nitrogen and oxygen atoms in total. The quantitative estimate of drug-likeness (QED) is 0.334. The van der Waals surface area contributed by atoms with Gasteiger partial charge in [0.15, 0.2) is 0 Å². The molecule has 3 aromatic heterocycles. The summed E-state index contributed by atoms with van der Waals surface area (Å²) in [5, 5.41) is 18.3. The monoisotopic (exact) mass is 510 g/mol. The fraction of sp³-hybridized carbons (Fsp3) is 0.300. The molecule has 4 aromatic rings. The molecule has 0 amide bonds. The van der Waals surface area contributed by atoms with E-state index in [0.717, 1.165) is 29.8 Å². The average molecular weight is 511 g/mol. The number of anilines is 1. The van der Waals surface area contributed by atoms with Crippen molar-refractivity contribution in [1.82, 2.24) is 20.2 Å². The SMILES string of the molecule is CCC1c2cc(-c3c(F)cccc3F)nnc2[C@](C)(c2cccc(-c3cnc(N)c(C#N)c3)n2)CC1(C)C. The number of fused-ring (bicyclic) bond motifs is 1. The van der Waals surface area contributed by atoms with Gasteiger partial charge in [-0.1, -0.05) is 32.9 Å². The summed E-state index contributed by atoms with van der Waals surface area (Å²) in [6, 6.07) is 15.1. The molecule has 3 heterocycles. The Morgan fingerprint density at radius 1 is 1.03 bits per heavy atom. The van der Waals surface area contributed by atoms with Crippen LogP contribution < -0.4 is 5.73 Å². The molecule has 0 bridgehead atoms. The van der Waals surface area contributed by atoms with Crippen molar-refractivity contribution < 1.29 is 8.78 Å². The van der Waals surface area contributed by atoms with E-state index in [0.29, 0.717) is 11.3 Å². The summed E-state index contributed by atoms with van der Waals surface area (Å²) in [6.45, 7) is 8.62. The van der Waals surface area contributed by atoms with Gasteiger partial charge >= 0.3 is 0 Å². The summed E-state index contributed by atoms with van der Waals surface area (Å²) in [7, 11) is 0. The van der Waals surface area contributed by atoms with E-state index in [4.69, 9.17) is 10.7 Å². The lowest BCUT2D eigenvalue weighted by atomic mass is 9.57. The molecule has 0 fully saturated rings. The first kappa shape index (κ1) is 25.4. The van der Waals surface area contributed by atoms with Gasteiger partial charge < -0.3 is 5.73 Å². The first-order valence-corrected chi connectivity index (χ1v) is 12.5. The fourth-order valence-corrected chi connectivity index (χ4v) is 6.10. The molecule has 8 heteroatoms. The van der Waals surface area contributed by atoms with Crippen molar-refractivity contribution in [2.75, 3.05) is 5.73 Å². The predicted molar refractivity (Wildman–Crippen MR) is 142 cm³/mol. The molecule has 0 saturated heterocycles. The Kier molecular flexibility index (Phi) is 6.18.